The molecule has 0 radical (unpaired) electrons. The molecule has 0 spiro atoms. The molecule has 4 amide bonds. The van der Waals surface area contributed by atoms with Gasteiger partial charge in [-0.05, 0) is 38.1 Å². The first-order valence-corrected chi connectivity index (χ1v) is 16.2. The predicted octanol–water partition coefficient (Wildman–Crippen LogP) is -1.73. The number of amides is 4. The molecule has 1 aromatic carbocycles. The molecule has 2 aromatic heterocycles. The second-order valence-corrected chi connectivity index (χ2v) is 13.0. The van der Waals surface area contributed by atoms with Gasteiger partial charge >= 0.3 is 16.3 Å². The average molecular weight is 737 g/mol. The van der Waals surface area contributed by atoms with Crippen LogP contribution in [0.3, 0.4) is 0 Å². The Labute approximate surface area is 284 Å². The number of anilines is 1. The number of rotatable bonds is 13. The molecule has 50 heavy (non-hydrogen) atoms. The van der Waals surface area contributed by atoms with Crippen LogP contribution < -0.4 is 27.1 Å². The van der Waals surface area contributed by atoms with Gasteiger partial charge in [-0.2, -0.15) is 13.1 Å². The van der Waals surface area contributed by atoms with Gasteiger partial charge < -0.3 is 41.9 Å². The smallest absolute Gasteiger partial charge is 0.362 e. The molecule has 3 heterocycles. The van der Waals surface area contributed by atoms with Crippen molar-refractivity contribution in [3.63, 3.8) is 0 Å². The second kappa shape index (κ2) is 14.2. The summed E-state index contributed by atoms with van der Waals surface area (Å²) in [4.78, 5) is 83.3. The fraction of sp³-hybridized carbons (Fsp3) is 0.259. The number of pyridine rings is 1. The van der Waals surface area contributed by atoms with E-state index in [0.717, 1.165) is 37.3 Å². The van der Waals surface area contributed by atoms with Crippen LogP contribution >= 0.6 is 11.3 Å². The molecule has 1 aliphatic heterocycles. The summed E-state index contributed by atoms with van der Waals surface area (Å²) in [6.07, 6.45) is 0. The van der Waals surface area contributed by atoms with Gasteiger partial charge in [0.25, 0.3) is 23.6 Å². The van der Waals surface area contributed by atoms with Crippen molar-refractivity contribution < 1.29 is 57.2 Å². The Hall–Kier alpha value is -6.07. The summed E-state index contributed by atoms with van der Waals surface area (Å²) in [5.41, 5.74) is 2.22. The minimum absolute atomic E-state index is 0.00357. The van der Waals surface area contributed by atoms with Crippen LogP contribution in [0.5, 0.6) is 5.88 Å². The zero-order chi connectivity index (χ0) is 37.1. The Morgan fingerprint density at radius 3 is 2.22 bits per heavy atom. The van der Waals surface area contributed by atoms with Crippen molar-refractivity contribution >= 4 is 62.1 Å². The number of carbonyl (C=O) groups excluding carboxylic acids is 4. The van der Waals surface area contributed by atoms with Crippen LogP contribution in [0.25, 0.3) is 0 Å². The number of nitrogens with zero attached hydrogens (tertiary/aromatic N) is 4. The van der Waals surface area contributed by atoms with Gasteiger partial charge in [0.15, 0.2) is 16.3 Å². The van der Waals surface area contributed by atoms with Crippen LogP contribution in [-0.4, -0.2) is 102 Å². The molecule has 23 heteroatoms. The third kappa shape index (κ3) is 8.13. The van der Waals surface area contributed by atoms with Gasteiger partial charge in [-0.1, -0.05) is 5.16 Å². The summed E-state index contributed by atoms with van der Waals surface area (Å²) in [6.45, 7) is 1.31. The van der Waals surface area contributed by atoms with E-state index in [1.807, 2.05) is 0 Å². The molecule has 0 bridgehead atoms. The Kier molecular flexibility index (Phi) is 10.4. The molecule has 3 aromatic rings. The number of aromatic hydroxyl groups is 1. The first-order chi connectivity index (χ1) is 23.3. The van der Waals surface area contributed by atoms with E-state index in [-0.39, 0.29) is 38.5 Å². The van der Waals surface area contributed by atoms with Gasteiger partial charge in [-0.15, -0.1) is 11.3 Å². The van der Waals surface area contributed by atoms with E-state index in [1.165, 1.54) is 29.6 Å². The van der Waals surface area contributed by atoms with Gasteiger partial charge in [-0.3, -0.25) is 28.5 Å². The van der Waals surface area contributed by atoms with Crippen molar-refractivity contribution in [3.05, 3.63) is 74.5 Å². The van der Waals surface area contributed by atoms with Crippen LogP contribution in [0.4, 0.5) is 5.13 Å². The van der Waals surface area contributed by atoms with E-state index in [0.29, 0.717) is 4.73 Å². The molecule has 21 nitrogen and oxygen atoms in total. The normalized spacial score (nSPS) is 16.3. The summed E-state index contributed by atoms with van der Waals surface area (Å²) in [5, 5.41) is 40.5. The lowest BCUT2D eigenvalue weighted by Gasteiger charge is -2.44. The Morgan fingerprint density at radius 2 is 1.68 bits per heavy atom. The molecule has 2 atom stereocenters. The standard InChI is InChI=1S/C27H28N8O13S2/c1-27(2,25(42)43)48-33-19(16-11-49-26(28)31-16)23(40)32-20-17(35(24(20)41)50(45,46)47)10-30-22(39)13-5-3-12(4-6-13)21(38)29-9-14-7-15(36)8-18(37)34(14)44/h3-8,11,17,20,37,44H,9-10H2,1-2H3,(H2,28,31)(H,29,38)(H,30,39)(H,32,40)(H,42,43)(H,45,46,47)/b33-19-/t17-,20+/m1/s1. The van der Waals surface area contributed by atoms with Crippen molar-refractivity contribution in [3.8, 4) is 5.88 Å². The van der Waals surface area contributed by atoms with Gasteiger partial charge in [-0.25, -0.2) is 14.1 Å². The maximum absolute atomic E-state index is 13.2. The molecule has 266 valence electrons. The first-order valence-electron chi connectivity index (χ1n) is 13.9. The predicted molar refractivity (Wildman–Crippen MR) is 169 cm³/mol. The number of carboxylic acid groups (broad SMARTS) is 1. The fourth-order valence-electron chi connectivity index (χ4n) is 4.24. The number of benzene rings is 1. The van der Waals surface area contributed by atoms with E-state index in [9.17, 15) is 57.2 Å². The number of carboxylic acids is 1. The minimum atomic E-state index is -5.16. The molecule has 4 rings (SSSR count). The lowest BCUT2D eigenvalue weighted by atomic mass is 9.98. The summed E-state index contributed by atoms with van der Waals surface area (Å²) >= 11 is 0.896. The quantitative estimate of drug-likeness (QED) is 0.0318. The van der Waals surface area contributed by atoms with Gasteiger partial charge in [0, 0.05) is 35.2 Å². The number of aliphatic carboxylic acids is 1. The van der Waals surface area contributed by atoms with Crippen molar-refractivity contribution in [2.24, 2.45) is 5.16 Å². The molecule has 0 saturated carbocycles. The average Bonchev–Trinajstić information content (AvgIpc) is 3.47. The molecule has 1 aliphatic rings. The Morgan fingerprint density at radius 1 is 1.08 bits per heavy atom. The summed E-state index contributed by atoms with van der Waals surface area (Å²) in [5.74, 6) is -6.10. The third-order valence-corrected chi connectivity index (χ3v) is 8.57. The van der Waals surface area contributed by atoms with E-state index in [4.69, 9.17) is 10.6 Å². The third-order valence-electron chi connectivity index (χ3n) is 6.94. The van der Waals surface area contributed by atoms with Crippen LogP contribution in [0.2, 0.25) is 0 Å². The number of β-lactam (4-membered cyclic amide) rings is 1. The molecule has 0 unspecified atom stereocenters. The zero-order valence-electron chi connectivity index (χ0n) is 25.8. The highest BCUT2D eigenvalue weighted by Gasteiger charge is 2.54. The SMILES string of the molecule is CC(C)(O/N=C(\C(=O)N[C@@H]1C(=O)N(S(=O)(=O)O)[C@@H]1CNC(=O)c1ccc(C(=O)NCc2cc(=O)cc(O)n2O)cc1)c1csc(N)n1)C(=O)O. The number of aromatic nitrogens is 2. The highest BCUT2D eigenvalue weighted by molar-refractivity contribution is 7.84. The molecule has 9 N–H and O–H groups in total. The summed E-state index contributed by atoms with van der Waals surface area (Å²) in [7, 11) is -5.16. The maximum atomic E-state index is 13.2. The maximum Gasteiger partial charge on any atom is 0.362 e. The minimum Gasteiger partial charge on any atom is -0.492 e. The van der Waals surface area contributed by atoms with Crippen LogP contribution in [-0.2, 0) is 36.1 Å². The van der Waals surface area contributed by atoms with Crippen molar-refractivity contribution in [1.82, 2.24) is 30.0 Å². The number of hydrogen-bond donors (Lipinski definition) is 8. The largest absolute Gasteiger partial charge is 0.492 e. The number of nitrogen functional groups attached to an aromatic ring is 1. The monoisotopic (exact) mass is 736 g/mol. The van der Waals surface area contributed by atoms with Crippen LogP contribution in [0.15, 0.2) is 51.7 Å². The summed E-state index contributed by atoms with van der Waals surface area (Å²) in [6, 6.07) is 3.52. The van der Waals surface area contributed by atoms with Gasteiger partial charge in [0.1, 0.15) is 11.7 Å². The van der Waals surface area contributed by atoms with E-state index < -0.39 is 81.2 Å². The topological polar surface area (TPSA) is 322 Å². The highest BCUT2D eigenvalue weighted by Crippen LogP contribution is 2.24. The number of oxime groups is 1. The van der Waals surface area contributed by atoms with Crippen molar-refractivity contribution in [1.29, 1.82) is 0 Å². The van der Waals surface area contributed by atoms with E-state index in [2.05, 4.69) is 26.1 Å². The number of nitrogens with one attached hydrogen (secondary N) is 3. The molecule has 1 fully saturated rings. The Bertz CT molecular complexity index is 2060. The summed E-state index contributed by atoms with van der Waals surface area (Å²) < 4.78 is 33.9. The molecular formula is C27H28N8O13S2. The number of nitrogens with two attached hydrogens (primary N) is 1. The van der Waals surface area contributed by atoms with Crippen LogP contribution in [0, 0.1) is 0 Å². The van der Waals surface area contributed by atoms with E-state index >= 15 is 0 Å². The van der Waals surface area contributed by atoms with Crippen molar-refractivity contribution in [2.75, 3.05) is 12.3 Å². The van der Waals surface area contributed by atoms with E-state index in [1.54, 1.807) is 0 Å². The highest BCUT2D eigenvalue weighted by atomic mass is 32.2. The van der Waals surface area contributed by atoms with Crippen molar-refractivity contribution in [2.45, 2.75) is 38.1 Å². The molecule has 1 saturated heterocycles. The molecule has 0 aliphatic carbocycles. The van der Waals surface area contributed by atoms with Gasteiger partial charge in [0.2, 0.25) is 11.5 Å². The number of thiazole rings is 1. The first kappa shape index (κ1) is 36.8. The van der Waals surface area contributed by atoms with Crippen LogP contribution in [0.1, 0.15) is 46.0 Å². The van der Waals surface area contributed by atoms with Gasteiger partial charge in [0.05, 0.1) is 18.3 Å². The number of hydrogen-bond acceptors (Lipinski definition) is 15. The lowest BCUT2D eigenvalue weighted by Crippen LogP contribution is -2.74. The fourth-order valence-corrected chi connectivity index (χ4v) is 5.67. The number of carbonyl (C=O) groups is 5. The zero-order valence-corrected chi connectivity index (χ0v) is 27.4. The second-order valence-electron chi connectivity index (χ2n) is 10.9. The molecular weight excluding hydrogens is 708 g/mol. The Balaban J connectivity index is 1.45. The lowest BCUT2D eigenvalue weighted by molar-refractivity contribution is -0.161.